The minimum atomic E-state index is 0. The maximum Gasteiger partial charge on any atom is 0 e. The van der Waals surface area contributed by atoms with Crippen molar-refractivity contribution in [2.75, 3.05) is 0 Å². The van der Waals surface area contributed by atoms with Gasteiger partial charge in [0.1, 0.15) is 0 Å². The topological polar surface area (TPSA) is 0 Å². The second-order valence-electron chi connectivity index (χ2n) is 0. The van der Waals surface area contributed by atoms with E-state index in [1.807, 2.05) is 0 Å². The Bertz CT molecular complexity index is 8.00. The van der Waals surface area contributed by atoms with Crippen LogP contribution in [0.2, 0.25) is 0 Å². The van der Waals surface area contributed by atoms with Crippen LogP contribution in [0.5, 0.6) is 0 Å². The standard InChI is InChI=1S/Cu.Fe.Nb.Ni. The fourth-order valence-corrected chi connectivity index (χ4v) is 0. The van der Waals surface area contributed by atoms with Crippen molar-refractivity contribution in [2.24, 2.45) is 0 Å². The minimum absolute atomic E-state index is 0. The molecular formula is CuFeNbNi. The van der Waals surface area contributed by atoms with Crippen molar-refractivity contribution in [3.05, 3.63) is 0 Å². The van der Waals surface area contributed by atoms with Crippen molar-refractivity contribution in [1.29, 1.82) is 0 Å². The van der Waals surface area contributed by atoms with Crippen molar-refractivity contribution in [3.63, 3.8) is 0 Å². The van der Waals surface area contributed by atoms with Crippen LogP contribution in [0, 0.1) is 0 Å². The molecule has 34 valence electrons. The van der Waals surface area contributed by atoms with Crippen molar-refractivity contribution >= 4 is 0 Å². The van der Waals surface area contributed by atoms with Crippen molar-refractivity contribution in [2.45, 2.75) is 0 Å². The first kappa shape index (κ1) is 33.8. The molecule has 0 rings (SSSR count). The molecule has 0 saturated heterocycles. The molecule has 0 aliphatic rings. The molecule has 0 aliphatic carbocycles. The SMILES string of the molecule is [Cu].[Fe].[Nb].[Ni]. The monoisotopic (exact) mass is 270 g/mol. The van der Waals surface area contributed by atoms with Gasteiger partial charge in [0.05, 0.1) is 0 Å². The molecule has 0 heterocycles. The Morgan fingerprint density at radius 3 is 1.00 bits per heavy atom. The van der Waals surface area contributed by atoms with Crippen LogP contribution in [0.1, 0.15) is 0 Å². The summed E-state index contributed by atoms with van der Waals surface area (Å²) in [5.74, 6) is 0. The van der Waals surface area contributed by atoms with Crippen molar-refractivity contribution in [3.8, 4) is 0 Å². The Morgan fingerprint density at radius 2 is 1.00 bits per heavy atom. The summed E-state index contributed by atoms with van der Waals surface area (Å²) in [7, 11) is 0. The molecule has 0 aromatic rings. The van der Waals surface area contributed by atoms with Crippen molar-refractivity contribution < 1.29 is 73.0 Å². The first-order chi connectivity index (χ1) is 0. The van der Waals surface area contributed by atoms with E-state index < -0.39 is 0 Å². The summed E-state index contributed by atoms with van der Waals surface area (Å²) in [6.07, 6.45) is 0. The maximum absolute atomic E-state index is 0. The molecule has 0 spiro atoms. The van der Waals surface area contributed by atoms with Gasteiger partial charge in [-0.1, -0.05) is 0 Å². The minimum Gasteiger partial charge on any atom is 0 e. The van der Waals surface area contributed by atoms with E-state index in [9.17, 15) is 0 Å². The van der Waals surface area contributed by atoms with Gasteiger partial charge >= 0.3 is 0 Å². The van der Waals surface area contributed by atoms with Crippen LogP contribution in [0.3, 0.4) is 0 Å². The Morgan fingerprint density at radius 1 is 1.00 bits per heavy atom. The summed E-state index contributed by atoms with van der Waals surface area (Å²) in [5, 5.41) is 0. The average Bonchev–Trinajstić information content (AvgIpc) is 0. The first-order valence-electron chi connectivity index (χ1n) is 0. The number of hydrogen-bond donors (Lipinski definition) is 0. The second kappa shape index (κ2) is 18.6. The molecule has 0 bridgehead atoms. The van der Waals surface area contributed by atoms with Gasteiger partial charge in [-0.15, -0.1) is 0 Å². The van der Waals surface area contributed by atoms with E-state index in [4.69, 9.17) is 0 Å². The van der Waals surface area contributed by atoms with E-state index in [-0.39, 0.29) is 73.0 Å². The molecule has 4 heteroatoms. The maximum atomic E-state index is 0. The molecular weight excluding hydrogens is 271 g/mol. The molecule has 0 atom stereocenters. The van der Waals surface area contributed by atoms with E-state index in [1.165, 1.54) is 0 Å². The Hall–Kier alpha value is 2.27. The van der Waals surface area contributed by atoms with Gasteiger partial charge in [-0.2, -0.15) is 0 Å². The van der Waals surface area contributed by atoms with Gasteiger partial charge < -0.3 is 0 Å². The smallest absolute Gasteiger partial charge is 0 e. The predicted molar refractivity (Wildman–Crippen MR) is 0 cm³/mol. The fourth-order valence-electron chi connectivity index (χ4n) is 0. The molecule has 0 unspecified atom stereocenters. The molecule has 0 aromatic carbocycles. The molecule has 0 amide bonds. The summed E-state index contributed by atoms with van der Waals surface area (Å²) in [5.41, 5.74) is 0. The zero-order chi connectivity index (χ0) is 0. The molecule has 0 fully saturated rings. The van der Waals surface area contributed by atoms with Gasteiger partial charge in [-0.3, -0.25) is 0 Å². The quantitative estimate of drug-likeness (QED) is 0.544. The molecule has 4 heavy (non-hydrogen) atoms. The molecule has 0 aliphatic heterocycles. The number of hydrogen-bond acceptors (Lipinski definition) is 0. The molecule has 0 nitrogen and oxygen atoms in total. The Balaban J connectivity index is 0. The Kier molecular flexibility index (Phi) is 157. The van der Waals surface area contributed by atoms with Gasteiger partial charge in [0.15, 0.2) is 0 Å². The normalized spacial score (nSPS) is 0. The van der Waals surface area contributed by atoms with E-state index in [2.05, 4.69) is 0 Å². The zero-order valence-corrected chi connectivity index (χ0v) is 6.65. The average molecular weight is 271 g/mol. The van der Waals surface area contributed by atoms with Crippen LogP contribution >= 0.6 is 0 Å². The largest absolute Gasteiger partial charge is 0 e. The third-order valence-electron chi connectivity index (χ3n) is 0. The van der Waals surface area contributed by atoms with Crippen LogP contribution in [0.15, 0.2) is 0 Å². The summed E-state index contributed by atoms with van der Waals surface area (Å²) in [6, 6.07) is 0. The van der Waals surface area contributed by atoms with Crippen LogP contribution in [-0.4, -0.2) is 0 Å². The van der Waals surface area contributed by atoms with Gasteiger partial charge in [-0.05, 0) is 0 Å². The van der Waals surface area contributed by atoms with Gasteiger partial charge in [0.2, 0.25) is 0 Å². The Labute approximate surface area is 72.2 Å². The summed E-state index contributed by atoms with van der Waals surface area (Å²) < 4.78 is 0. The zero-order valence-electron chi connectivity index (χ0n) is 1.42. The third-order valence-corrected chi connectivity index (χ3v) is 0. The fraction of sp³-hybridized carbons (Fsp3) is 0. The van der Waals surface area contributed by atoms with E-state index in [0.717, 1.165) is 0 Å². The predicted octanol–water partition coefficient (Wildman–Crippen LogP) is -0.0100. The van der Waals surface area contributed by atoms with E-state index >= 15 is 0 Å². The summed E-state index contributed by atoms with van der Waals surface area (Å²) in [4.78, 5) is 0. The van der Waals surface area contributed by atoms with Crippen LogP contribution in [-0.2, 0) is 73.0 Å². The summed E-state index contributed by atoms with van der Waals surface area (Å²) in [6.45, 7) is 0. The van der Waals surface area contributed by atoms with Gasteiger partial charge in [0.25, 0.3) is 0 Å². The molecule has 0 saturated carbocycles. The summed E-state index contributed by atoms with van der Waals surface area (Å²) >= 11 is 0. The van der Waals surface area contributed by atoms with E-state index in [1.54, 1.807) is 0 Å². The number of rotatable bonds is 0. The van der Waals surface area contributed by atoms with Gasteiger partial charge in [-0.25, -0.2) is 0 Å². The van der Waals surface area contributed by atoms with Crippen LogP contribution < -0.4 is 0 Å². The van der Waals surface area contributed by atoms with Crippen LogP contribution in [0.25, 0.3) is 0 Å². The third kappa shape index (κ3) is 8.86. The van der Waals surface area contributed by atoms with Crippen molar-refractivity contribution in [1.82, 2.24) is 0 Å². The molecule has 0 aromatic heterocycles. The molecule has 2 radical (unpaired) electrons. The van der Waals surface area contributed by atoms with E-state index in [0.29, 0.717) is 0 Å². The second-order valence-corrected chi connectivity index (χ2v) is 0. The van der Waals surface area contributed by atoms with Crippen LogP contribution in [0.4, 0.5) is 0 Å². The molecule has 0 N–H and O–H groups in total. The first-order valence-corrected chi connectivity index (χ1v) is 0. The van der Waals surface area contributed by atoms with Gasteiger partial charge in [0, 0.05) is 73.0 Å².